The molecule has 1 aliphatic heterocycles. The highest BCUT2D eigenvalue weighted by atomic mass is 16.5. The number of carbonyl (C=O) groups excluding carboxylic acids is 1. The zero-order valence-corrected chi connectivity index (χ0v) is 18.1. The van der Waals surface area contributed by atoms with Gasteiger partial charge < -0.3 is 24.1 Å². The van der Waals surface area contributed by atoms with Gasteiger partial charge in [-0.1, -0.05) is 24.3 Å². The first-order valence-electron chi connectivity index (χ1n) is 10.1. The van der Waals surface area contributed by atoms with E-state index in [0.29, 0.717) is 17.7 Å². The van der Waals surface area contributed by atoms with Crippen LogP contribution < -0.4 is 24.3 Å². The Bertz CT molecular complexity index is 1140. The smallest absolute Gasteiger partial charge is 0.170 e. The second-order valence-corrected chi connectivity index (χ2v) is 7.23. The Balaban J connectivity index is 1.83. The molecule has 1 heterocycles. The normalized spacial score (nSPS) is 15.3. The second-order valence-electron chi connectivity index (χ2n) is 7.23. The van der Waals surface area contributed by atoms with Crippen molar-refractivity contribution in [1.82, 2.24) is 0 Å². The van der Waals surface area contributed by atoms with Crippen molar-refractivity contribution in [1.29, 1.82) is 0 Å². The maximum atomic E-state index is 12.2. The van der Waals surface area contributed by atoms with E-state index >= 15 is 0 Å². The van der Waals surface area contributed by atoms with Gasteiger partial charge in [0, 0.05) is 12.0 Å². The van der Waals surface area contributed by atoms with Crippen LogP contribution in [0.4, 0.5) is 5.69 Å². The van der Waals surface area contributed by atoms with Gasteiger partial charge in [-0.05, 0) is 53.6 Å². The summed E-state index contributed by atoms with van der Waals surface area (Å²) < 4.78 is 15.9. The molecule has 0 bridgehead atoms. The first-order chi connectivity index (χ1) is 15.6. The average molecular weight is 431 g/mol. The van der Waals surface area contributed by atoms with Gasteiger partial charge in [0.05, 0.1) is 44.7 Å². The molecule has 0 spiro atoms. The van der Waals surface area contributed by atoms with Crippen molar-refractivity contribution in [3.05, 3.63) is 83.4 Å². The van der Waals surface area contributed by atoms with Gasteiger partial charge in [-0.3, -0.25) is 5.01 Å². The van der Waals surface area contributed by atoms with E-state index < -0.39 is 5.97 Å². The predicted octanol–water partition coefficient (Wildman–Crippen LogP) is 3.43. The maximum absolute atomic E-state index is 12.2. The summed E-state index contributed by atoms with van der Waals surface area (Å²) in [5.74, 6) is -0.114. The van der Waals surface area contributed by atoms with Crippen LogP contribution in [0.1, 0.15) is 33.9 Å². The Morgan fingerprint density at radius 2 is 1.66 bits per heavy atom. The molecule has 0 aromatic heterocycles. The Labute approximate surface area is 186 Å². The van der Waals surface area contributed by atoms with Crippen LogP contribution >= 0.6 is 0 Å². The Kier molecular flexibility index (Phi) is 5.98. The highest BCUT2D eigenvalue weighted by molar-refractivity contribution is 6.04. The second kappa shape index (κ2) is 9.01. The number of methoxy groups -OCH3 is 3. The summed E-state index contributed by atoms with van der Waals surface area (Å²) in [4.78, 5) is 12.2. The number of aromatic carboxylic acids is 1. The van der Waals surface area contributed by atoms with Crippen molar-refractivity contribution in [3.63, 3.8) is 0 Å². The highest BCUT2D eigenvalue weighted by Gasteiger charge is 2.33. The van der Waals surface area contributed by atoms with Crippen molar-refractivity contribution in [3.8, 4) is 17.2 Å². The van der Waals surface area contributed by atoms with Gasteiger partial charge in [-0.2, -0.15) is 5.10 Å². The molecule has 0 aliphatic carbocycles. The number of hydrogen-bond donors (Lipinski definition) is 0. The SMILES string of the molecule is COc1ccc(C2=NN(c3ccccc3)[C@H](c3ccc(OC)c(OC)c3C(=O)[O-])C2)cc1. The fourth-order valence-electron chi connectivity index (χ4n) is 3.96. The zero-order valence-electron chi connectivity index (χ0n) is 18.1. The monoisotopic (exact) mass is 431 g/mol. The van der Waals surface area contributed by atoms with Crippen LogP contribution in [0.3, 0.4) is 0 Å². The molecule has 32 heavy (non-hydrogen) atoms. The fourth-order valence-corrected chi connectivity index (χ4v) is 3.96. The lowest BCUT2D eigenvalue weighted by Crippen LogP contribution is -2.28. The van der Waals surface area contributed by atoms with Crippen LogP contribution in [0.25, 0.3) is 0 Å². The first-order valence-corrected chi connectivity index (χ1v) is 10.1. The van der Waals surface area contributed by atoms with E-state index in [4.69, 9.17) is 19.3 Å². The van der Waals surface area contributed by atoms with Gasteiger partial charge in [0.25, 0.3) is 0 Å². The molecule has 0 saturated carbocycles. The molecule has 0 radical (unpaired) electrons. The minimum atomic E-state index is -1.33. The molecule has 1 atom stereocenters. The number of para-hydroxylation sites is 1. The van der Waals surface area contributed by atoms with E-state index in [0.717, 1.165) is 22.7 Å². The Morgan fingerprint density at radius 3 is 2.25 bits per heavy atom. The van der Waals surface area contributed by atoms with Gasteiger partial charge in [-0.15, -0.1) is 0 Å². The quantitative estimate of drug-likeness (QED) is 0.570. The standard InChI is InChI=1S/C25H24N2O5/c1-30-18-11-9-16(10-12-18)20-15-21(27(26-20)17-7-5-4-6-8-17)19-13-14-22(31-2)24(32-3)23(19)25(28)29/h4-14,21H,15H2,1-3H3,(H,28,29)/p-1/t21-/m0/s1. The summed E-state index contributed by atoms with van der Waals surface area (Å²) in [7, 11) is 4.50. The molecule has 164 valence electrons. The maximum Gasteiger partial charge on any atom is 0.170 e. The number of carboxylic acids is 1. The van der Waals surface area contributed by atoms with Gasteiger partial charge in [-0.25, -0.2) is 0 Å². The predicted molar refractivity (Wildman–Crippen MR) is 120 cm³/mol. The lowest BCUT2D eigenvalue weighted by Gasteiger charge is -2.27. The van der Waals surface area contributed by atoms with Crippen LogP contribution in [-0.4, -0.2) is 33.0 Å². The van der Waals surface area contributed by atoms with Crippen LogP contribution in [0, 0.1) is 0 Å². The summed E-state index contributed by atoms with van der Waals surface area (Å²) in [5.41, 5.74) is 3.12. The Hall–Kier alpha value is -4.00. The number of anilines is 1. The topological polar surface area (TPSA) is 83.4 Å². The van der Waals surface area contributed by atoms with Crippen LogP contribution in [0.2, 0.25) is 0 Å². The molecule has 0 unspecified atom stereocenters. The molecular weight excluding hydrogens is 408 g/mol. The number of rotatable bonds is 7. The lowest BCUT2D eigenvalue weighted by atomic mass is 9.93. The number of hydrazone groups is 1. The molecule has 7 nitrogen and oxygen atoms in total. The molecule has 0 fully saturated rings. The third-order valence-corrected chi connectivity index (χ3v) is 5.50. The number of carbonyl (C=O) groups is 1. The van der Waals surface area contributed by atoms with Gasteiger partial charge >= 0.3 is 0 Å². The van der Waals surface area contributed by atoms with Crippen molar-refractivity contribution < 1.29 is 24.1 Å². The minimum Gasteiger partial charge on any atom is -0.545 e. The van der Waals surface area contributed by atoms with Crippen molar-refractivity contribution in [2.24, 2.45) is 5.10 Å². The van der Waals surface area contributed by atoms with Gasteiger partial charge in [0.2, 0.25) is 0 Å². The fraction of sp³-hybridized carbons (Fsp3) is 0.200. The third-order valence-electron chi connectivity index (χ3n) is 5.50. The van der Waals surface area contributed by atoms with Gasteiger partial charge in [0.1, 0.15) is 5.75 Å². The molecule has 0 N–H and O–H groups in total. The number of benzene rings is 3. The Morgan fingerprint density at radius 1 is 0.938 bits per heavy atom. The molecule has 7 heteroatoms. The summed E-state index contributed by atoms with van der Waals surface area (Å²) in [5, 5.41) is 18.9. The highest BCUT2D eigenvalue weighted by Crippen LogP contribution is 2.42. The van der Waals surface area contributed by atoms with E-state index in [1.807, 2.05) is 59.6 Å². The molecular formula is C25H23N2O5-. The molecule has 0 amide bonds. The average Bonchev–Trinajstić information content (AvgIpc) is 3.28. The van der Waals surface area contributed by atoms with E-state index in [1.165, 1.54) is 14.2 Å². The molecule has 4 rings (SSSR count). The zero-order chi connectivity index (χ0) is 22.7. The van der Waals surface area contributed by atoms with E-state index in [2.05, 4.69) is 0 Å². The number of nitrogens with zero attached hydrogens (tertiary/aromatic N) is 2. The third kappa shape index (κ3) is 3.85. The van der Waals surface area contributed by atoms with E-state index in [-0.39, 0.29) is 17.4 Å². The first kappa shape index (κ1) is 21.2. The van der Waals surface area contributed by atoms with Crippen LogP contribution in [0.5, 0.6) is 17.2 Å². The molecule has 0 saturated heterocycles. The molecule has 3 aromatic rings. The summed E-state index contributed by atoms with van der Waals surface area (Å²) in [6.07, 6.45) is 0.497. The van der Waals surface area contributed by atoms with E-state index in [1.54, 1.807) is 19.2 Å². The number of hydrogen-bond acceptors (Lipinski definition) is 7. The van der Waals surface area contributed by atoms with Crippen LogP contribution in [-0.2, 0) is 0 Å². The number of carboxylic acid groups (broad SMARTS) is 1. The summed E-state index contributed by atoms with van der Waals surface area (Å²) in [6, 6.07) is 20.3. The van der Waals surface area contributed by atoms with E-state index in [9.17, 15) is 9.90 Å². The molecule has 3 aromatic carbocycles. The summed E-state index contributed by atoms with van der Waals surface area (Å²) in [6.45, 7) is 0. The summed E-state index contributed by atoms with van der Waals surface area (Å²) >= 11 is 0. The molecule has 1 aliphatic rings. The van der Waals surface area contributed by atoms with Gasteiger partial charge in [0.15, 0.2) is 11.5 Å². The number of ether oxygens (including phenoxy) is 3. The largest absolute Gasteiger partial charge is 0.545 e. The van der Waals surface area contributed by atoms with Crippen LogP contribution in [0.15, 0.2) is 71.8 Å². The lowest BCUT2D eigenvalue weighted by molar-refractivity contribution is -0.255. The van der Waals surface area contributed by atoms with Crippen molar-refractivity contribution in [2.75, 3.05) is 26.3 Å². The minimum absolute atomic E-state index is 0.0380. The van der Waals surface area contributed by atoms with Crippen molar-refractivity contribution >= 4 is 17.4 Å². The van der Waals surface area contributed by atoms with Crippen molar-refractivity contribution in [2.45, 2.75) is 12.5 Å².